The van der Waals surface area contributed by atoms with Gasteiger partial charge in [0.25, 0.3) is 0 Å². The van der Waals surface area contributed by atoms with Crippen LogP contribution >= 0.6 is 11.6 Å². The van der Waals surface area contributed by atoms with Crippen molar-refractivity contribution in [3.05, 3.63) is 34.3 Å². The molecule has 0 spiro atoms. The number of hydrogen-bond acceptors (Lipinski definition) is 3. The topological polar surface area (TPSA) is 45.0 Å². The van der Waals surface area contributed by atoms with Crippen molar-refractivity contribution in [3.8, 4) is 6.07 Å². The third-order valence-corrected chi connectivity index (χ3v) is 3.67. The number of ether oxygens (including phenoxy) is 1. The lowest BCUT2D eigenvalue weighted by atomic mass is 9.96. The van der Waals surface area contributed by atoms with Gasteiger partial charge in [0.05, 0.1) is 23.8 Å². The van der Waals surface area contributed by atoms with E-state index in [1.807, 2.05) is 6.07 Å². The van der Waals surface area contributed by atoms with E-state index in [1.54, 1.807) is 12.1 Å². The van der Waals surface area contributed by atoms with Crippen LogP contribution in [-0.4, -0.2) is 18.7 Å². The fraction of sp³-hybridized carbons (Fsp3) is 0.500. The number of halogens is 1. The fourth-order valence-corrected chi connectivity index (χ4v) is 2.37. The van der Waals surface area contributed by atoms with Gasteiger partial charge in [0.1, 0.15) is 0 Å². The van der Waals surface area contributed by atoms with E-state index in [4.69, 9.17) is 21.6 Å². The van der Waals surface area contributed by atoms with E-state index in [9.17, 15) is 0 Å². The first-order valence-electron chi connectivity index (χ1n) is 6.16. The minimum Gasteiger partial charge on any atom is -0.369 e. The second kappa shape index (κ2) is 5.71. The molecule has 4 heteroatoms. The molecule has 1 atom stereocenters. The molecule has 18 heavy (non-hydrogen) atoms. The highest BCUT2D eigenvalue weighted by atomic mass is 35.5. The number of nitrogens with zero attached hydrogens (tertiary/aromatic N) is 1. The average molecular weight is 265 g/mol. The Kier molecular flexibility index (Phi) is 4.23. The molecule has 1 unspecified atom stereocenters. The van der Waals surface area contributed by atoms with Crippen LogP contribution in [0.3, 0.4) is 0 Å². The molecule has 1 fully saturated rings. The molecular formula is C14H17ClN2O. The summed E-state index contributed by atoms with van der Waals surface area (Å²) in [6, 6.07) is 7.39. The standard InChI is InChI=1S/C14H17ClN2O/c1-14(5-2-6-17-10-14)18-9-12-4-3-11(8-16)7-13(12)15/h3-4,7,17H,2,5-6,9-10H2,1H3. The van der Waals surface area contributed by atoms with Gasteiger partial charge in [-0.1, -0.05) is 17.7 Å². The zero-order valence-corrected chi connectivity index (χ0v) is 11.3. The highest BCUT2D eigenvalue weighted by molar-refractivity contribution is 6.31. The number of hydrogen-bond donors (Lipinski definition) is 1. The van der Waals surface area contributed by atoms with Crippen LogP contribution in [0.1, 0.15) is 30.9 Å². The molecule has 0 bridgehead atoms. The van der Waals surface area contributed by atoms with Crippen molar-refractivity contribution in [2.24, 2.45) is 0 Å². The summed E-state index contributed by atoms with van der Waals surface area (Å²) in [5.41, 5.74) is 1.40. The van der Waals surface area contributed by atoms with Gasteiger partial charge in [-0.25, -0.2) is 0 Å². The van der Waals surface area contributed by atoms with Gasteiger partial charge >= 0.3 is 0 Å². The Morgan fingerprint density at radius 3 is 3.00 bits per heavy atom. The van der Waals surface area contributed by atoms with Crippen molar-refractivity contribution in [3.63, 3.8) is 0 Å². The Morgan fingerprint density at radius 2 is 2.39 bits per heavy atom. The summed E-state index contributed by atoms with van der Waals surface area (Å²) >= 11 is 6.12. The molecule has 1 saturated heterocycles. The third kappa shape index (κ3) is 3.23. The van der Waals surface area contributed by atoms with Crippen molar-refractivity contribution in [2.45, 2.75) is 32.0 Å². The lowest BCUT2D eigenvalue weighted by Crippen LogP contribution is -2.45. The lowest BCUT2D eigenvalue weighted by Gasteiger charge is -2.34. The molecule has 96 valence electrons. The van der Waals surface area contributed by atoms with Gasteiger partial charge in [-0.15, -0.1) is 0 Å². The van der Waals surface area contributed by atoms with Gasteiger partial charge in [0.2, 0.25) is 0 Å². The second-order valence-electron chi connectivity index (χ2n) is 4.94. The van der Waals surface area contributed by atoms with Gasteiger partial charge < -0.3 is 10.1 Å². The van der Waals surface area contributed by atoms with E-state index in [-0.39, 0.29) is 5.60 Å². The normalized spacial score (nSPS) is 23.6. The monoisotopic (exact) mass is 264 g/mol. The maximum Gasteiger partial charge on any atom is 0.0992 e. The van der Waals surface area contributed by atoms with Gasteiger partial charge in [0.15, 0.2) is 0 Å². The average Bonchev–Trinajstić information content (AvgIpc) is 2.38. The second-order valence-corrected chi connectivity index (χ2v) is 5.34. The molecule has 3 nitrogen and oxygen atoms in total. The first-order chi connectivity index (χ1) is 8.63. The zero-order chi connectivity index (χ0) is 13.0. The number of piperidine rings is 1. The minimum absolute atomic E-state index is 0.116. The van der Waals surface area contributed by atoms with Crippen LogP contribution in [-0.2, 0) is 11.3 Å². The van der Waals surface area contributed by atoms with Crippen molar-refractivity contribution in [1.29, 1.82) is 5.26 Å². The van der Waals surface area contributed by atoms with Crippen molar-refractivity contribution < 1.29 is 4.74 Å². The van der Waals surface area contributed by atoms with Crippen molar-refractivity contribution in [1.82, 2.24) is 5.32 Å². The molecule has 0 saturated carbocycles. The highest BCUT2D eigenvalue weighted by Crippen LogP contribution is 2.24. The Hall–Kier alpha value is -1.08. The summed E-state index contributed by atoms with van der Waals surface area (Å²) in [7, 11) is 0. The van der Waals surface area contributed by atoms with E-state index in [1.165, 1.54) is 0 Å². The molecule has 1 N–H and O–H groups in total. The summed E-state index contributed by atoms with van der Waals surface area (Å²) in [6.07, 6.45) is 2.20. The van der Waals surface area contributed by atoms with Crippen molar-refractivity contribution in [2.75, 3.05) is 13.1 Å². The predicted octanol–water partition coefficient (Wildman–Crippen LogP) is 2.87. The van der Waals surface area contributed by atoms with E-state index < -0.39 is 0 Å². The highest BCUT2D eigenvalue weighted by Gasteiger charge is 2.27. The van der Waals surface area contributed by atoms with E-state index in [0.717, 1.165) is 31.5 Å². The summed E-state index contributed by atoms with van der Waals surface area (Å²) in [4.78, 5) is 0. The lowest BCUT2D eigenvalue weighted by molar-refractivity contribution is -0.0571. The first-order valence-corrected chi connectivity index (χ1v) is 6.54. The molecule has 2 rings (SSSR count). The molecule has 1 aromatic carbocycles. The summed E-state index contributed by atoms with van der Waals surface area (Å²) < 4.78 is 5.98. The van der Waals surface area contributed by atoms with Crippen LogP contribution in [0.4, 0.5) is 0 Å². The largest absolute Gasteiger partial charge is 0.369 e. The molecule has 0 aromatic heterocycles. The third-order valence-electron chi connectivity index (χ3n) is 3.32. The van der Waals surface area contributed by atoms with Crippen LogP contribution in [0.15, 0.2) is 18.2 Å². The van der Waals surface area contributed by atoms with Gasteiger partial charge in [-0.3, -0.25) is 0 Å². The predicted molar refractivity (Wildman–Crippen MR) is 71.5 cm³/mol. The Morgan fingerprint density at radius 1 is 1.56 bits per heavy atom. The van der Waals surface area contributed by atoms with E-state index in [0.29, 0.717) is 17.2 Å². The van der Waals surface area contributed by atoms with Crippen LogP contribution in [0.25, 0.3) is 0 Å². The fourth-order valence-electron chi connectivity index (χ4n) is 2.14. The first kappa shape index (κ1) is 13.4. The van der Waals surface area contributed by atoms with E-state index in [2.05, 4.69) is 18.3 Å². The maximum absolute atomic E-state index is 8.78. The summed E-state index contributed by atoms with van der Waals surface area (Å²) in [5, 5.41) is 12.7. The van der Waals surface area contributed by atoms with Crippen molar-refractivity contribution >= 4 is 11.6 Å². The Labute approximate surface area is 113 Å². The minimum atomic E-state index is -0.116. The quantitative estimate of drug-likeness (QED) is 0.913. The van der Waals surface area contributed by atoms with Gasteiger partial charge in [0, 0.05) is 11.6 Å². The number of benzene rings is 1. The van der Waals surface area contributed by atoms with Crippen LogP contribution in [0, 0.1) is 11.3 Å². The Bertz CT molecular complexity index is 461. The zero-order valence-electron chi connectivity index (χ0n) is 10.5. The summed E-state index contributed by atoms with van der Waals surface area (Å²) in [5.74, 6) is 0. The number of rotatable bonds is 3. The van der Waals surface area contributed by atoms with Crippen LogP contribution in [0.5, 0.6) is 0 Å². The maximum atomic E-state index is 8.78. The smallest absolute Gasteiger partial charge is 0.0992 e. The Balaban J connectivity index is 2.00. The molecule has 1 aliphatic heterocycles. The molecule has 1 heterocycles. The molecule has 0 aliphatic carbocycles. The van der Waals surface area contributed by atoms with Gasteiger partial charge in [-0.2, -0.15) is 5.26 Å². The van der Waals surface area contributed by atoms with Gasteiger partial charge in [-0.05, 0) is 44.0 Å². The molecule has 0 radical (unpaired) electrons. The summed E-state index contributed by atoms with van der Waals surface area (Å²) in [6.45, 7) is 4.55. The van der Waals surface area contributed by atoms with Crippen LogP contribution < -0.4 is 5.32 Å². The number of nitriles is 1. The van der Waals surface area contributed by atoms with Crippen LogP contribution in [0.2, 0.25) is 5.02 Å². The van der Waals surface area contributed by atoms with E-state index >= 15 is 0 Å². The SMILES string of the molecule is CC1(OCc2ccc(C#N)cc2Cl)CCCNC1. The molecular weight excluding hydrogens is 248 g/mol. The molecule has 0 amide bonds. The molecule has 1 aromatic rings. The molecule has 1 aliphatic rings. The number of nitrogens with one attached hydrogen (secondary N) is 1.